The van der Waals surface area contributed by atoms with Gasteiger partial charge in [-0.15, -0.1) is 0 Å². The second-order valence-corrected chi connectivity index (χ2v) is 6.14. The fraction of sp³-hybridized carbons (Fsp3) is 0.688. The molecular formula is C16H22FN3O4. The summed E-state index contributed by atoms with van der Waals surface area (Å²) in [7, 11) is 0. The van der Waals surface area contributed by atoms with E-state index in [9.17, 15) is 9.18 Å². The van der Waals surface area contributed by atoms with E-state index in [0.717, 1.165) is 50.9 Å². The third-order valence-corrected chi connectivity index (χ3v) is 4.31. The predicted octanol–water partition coefficient (Wildman–Crippen LogP) is 2.21. The van der Waals surface area contributed by atoms with Gasteiger partial charge in [0.15, 0.2) is 5.82 Å². The molecule has 1 aromatic rings. The number of amides is 1. The van der Waals surface area contributed by atoms with E-state index in [1.54, 1.807) is 0 Å². The van der Waals surface area contributed by atoms with Crippen LogP contribution in [0, 0.1) is 5.82 Å². The maximum Gasteiger partial charge on any atom is 0.407 e. The molecule has 1 amide bonds. The van der Waals surface area contributed by atoms with E-state index in [0.29, 0.717) is 13.2 Å². The molecule has 1 saturated carbocycles. The Kier molecular flexibility index (Phi) is 5.79. The molecule has 2 heterocycles. The van der Waals surface area contributed by atoms with E-state index >= 15 is 0 Å². The molecular weight excluding hydrogens is 317 g/mol. The number of hydrogen-bond donors (Lipinski definition) is 1. The van der Waals surface area contributed by atoms with Crippen LogP contribution in [0.2, 0.25) is 0 Å². The second kappa shape index (κ2) is 8.23. The fourth-order valence-corrected chi connectivity index (χ4v) is 2.98. The molecule has 1 aliphatic heterocycles. The molecule has 0 bridgehead atoms. The molecule has 1 N–H and O–H groups in total. The van der Waals surface area contributed by atoms with Gasteiger partial charge in [0.05, 0.1) is 25.6 Å². The Balaban J connectivity index is 1.37. The first-order valence-corrected chi connectivity index (χ1v) is 8.38. The molecule has 3 rings (SSSR count). The van der Waals surface area contributed by atoms with Crippen molar-refractivity contribution in [3.63, 3.8) is 0 Å². The lowest BCUT2D eigenvalue weighted by Gasteiger charge is -2.29. The van der Waals surface area contributed by atoms with Crippen LogP contribution in [0.5, 0.6) is 6.01 Å². The Morgan fingerprint density at radius 1 is 1.08 bits per heavy atom. The third-order valence-electron chi connectivity index (χ3n) is 4.31. The van der Waals surface area contributed by atoms with Crippen molar-refractivity contribution in [1.82, 2.24) is 15.3 Å². The molecule has 1 saturated heterocycles. The minimum absolute atomic E-state index is 0.0139. The number of nitrogens with one attached hydrogen (secondary N) is 1. The smallest absolute Gasteiger partial charge is 0.407 e. The summed E-state index contributed by atoms with van der Waals surface area (Å²) >= 11 is 0. The average molecular weight is 339 g/mol. The van der Waals surface area contributed by atoms with Gasteiger partial charge in [-0.05, 0) is 25.7 Å². The topological polar surface area (TPSA) is 82.6 Å². The molecule has 132 valence electrons. The first-order valence-electron chi connectivity index (χ1n) is 8.38. The molecule has 0 spiro atoms. The van der Waals surface area contributed by atoms with Gasteiger partial charge in [-0.2, -0.15) is 0 Å². The highest BCUT2D eigenvalue weighted by atomic mass is 19.1. The van der Waals surface area contributed by atoms with Gasteiger partial charge in [-0.25, -0.2) is 19.2 Å². The number of hydrogen-bond acceptors (Lipinski definition) is 6. The summed E-state index contributed by atoms with van der Waals surface area (Å²) < 4.78 is 29.1. The number of carbonyl (C=O) groups is 1. The van der Waals surface area contributed by atoms with Gasteiger partial charge < -0.3 is 19.5 Å². The van der Waals surface area contributed by atoms with Gasteiger partial charge in [0.2, 0.25) is 0 Å². The lowest BCUT2D eigenvalue weighted by Crippen LogP contribution is -2.41. The van der Waals surface area contributed by atoms with Crippen molar-refractivity contribution >= 4 is 6.09 Å². The maximum absolute atomic E-state index is 12.8. The van der Waals surface area contributed by atoms with E-state index in [4.69, 9.17) is 14.2 Å². The van der Waals surface area contributed by atoms with E-state index in [-0.39, 0.29) is 30.4 Å². The SMILES string of the molecule is O=C(NC1CCC(Oc2ncc(F)cn2)CC1)OC1CCOCC1. The van der Waals surface area contributed by atoms with Gasteiger partial charge in [-0.1, -0.05) is 0 Å². The minimum atomic E-state index is -0.488. The van der Waals surface area contributed by atoms with Crippen LogP contribution in [0.4, 0.5) is 9.18 Å². The molecule has 1 aromatic heterocycles. The summed E-state index contributed by atoms with van der Waals surface area (Å²) in [4.78, 5) is 19.5. The molecule has 0 unspecified atom stereocenters. The minimum Gasteiger partial charge on any atom is -0.460 e. The Hall–Kier alpha value is -1.96. The predicted molar refractivity (Wildman–Crippen MR) is 82.1 cm³/mol. The Morgan fingerprint density at radius 3 is 2.42 bits per heavy atom. The molecule has 0 atom stereocenters. The number of aromatic nitrogens is 2. The molecule has 24 heavy (non-hydrogen) atoms. The molecule has 2 fully saturated rings. The van der Waals surface area contributed by atoms with Crippen molar-refractivity contribution in [3.05, 3.63) is 18.2 Å². The molecule has 2 aliphatic rings. The van der Waals surface area contributed by atoms with E-state index in [2.05, 4.69) is 15.3 Å². The summed E-state index contributed by atoms with van der Waals surface area (Å²) in [5, 5.41) is 2.92. The first kappa shape index (κ1) is 16.9. The number of ether oxygens (including phenoxy) is 3. The second-order valence-electron chi connectivity index (χ2n) is 6.14. The average Bonchev–Trinajstić information content (AvgIpc) is 2.59. The van der Waals surface area contributed by atoms with E-state index in [1.807, 2.05) is 0 Å². The van der Waals surface area contributed by atoms with Crippen molar-refractivity contribution in [1.29, 1.82) is 0 Å². The first-order chi connectivity index (χ1) is 11.7. The van der Waals surface area contributed by atoms with Crippen LogP contribution in [0.3, 0.4) is 0 Å². The van der Waals surface area contributed by atoms with Crippen LogP contribution in [-0.4, -0.2) is 47.5 Å². The lowest BCUT2D eigenvalue weighted by atomic mass is 9.93. The van der Waals surface area contributed by atoms with E-state index in [1.165, 1.54) is 0 Å². The fourth-order valence-electron chi connectivity index (χ4n) is 2.98. The number of halogens is 1. The summed E-state index contributed by atoms with van der Waals surface area (Å²) in [5.41, 5.74) is 0. The van der Waals surface area contributed by atoms with Crippen molar-refractivity contribution in [2.75, 3.05) is 13.2 Å². The van der Waals surface area contributed by atoms with Crippen LogP contribution in [0.15, 0.2) is 12.4 Å². The number of rotatable bonds is 4. The highest BCUT2D eigenvalue weighted by molar-refractivity contribution is 5.67. The Labute approximate surface area is 139 Å². The van der Waals surface area contributed by atoms with Gasteiger partial charge in [0, 0.05) is 18.9 Å². The molecule has 8 heteroatoms. The maximum atomic E-state index is 12.8. The van der Waals surface area contributed by atoms with Crippen LogP contribution in [0.25, 0.3) is 0 Å². The third kappa shape index (κ3) is 5.02. The number of nitrogens with zero attached hydrogens (tertiary/aromatic N) is 2. The van der Waals surface area contributed by atoms with Gasteiger partial charge in [-0.3, -0.25) is 0 Å². The van der Waals surface area contributed by atoms with Crippen molar-refractivity contribution in [3.8, 4) is 6.01 Å². The van der Waals surface area contributed by atoms with Crippen LogP contribution in [-0.2, 0) is 9.47 Å². The van der Waals surface area contributed by atoms with Crippen LogP contribution < -0.4 is 10.1 Å². The zero-order chi connectivity index (χ0) is 16.8. The molecule has 7 nitrogen and oxygen atoms in total. The van der Waals surface area contributed by atoms with Crippen LogP contribution >= 0.6 is 0 Å². The zero-order valence-corrected chi connectivity index (χ0v) is 13.4. The van der Waals surface area contributed by atoms with Crippen molar-refractivity contribution in [2.45, 2.75) is 56.8 Å². The van der Waals surface area contributed by atoms with E-state index < -0.39 is 5.82 Å². The number of alkyl carbamates (subject to hydrolysis) is 1. The summed E-state index contributed by atoms with van der Waals surface area (Å²) in [6, 6.07) is 0.276. The summed E-state index contributed by atoms with van der Waals surface area (Å²) in [6.45, 7) is 1.29. The standard InChI is InChI=1S/C16H22FN3O4/c17-11-9-18-15(19-10-11)23-13-3-1-12(2-4-13)20-16(21)24-14-5-7-22-8-6-14/h9-10,12-14H,1-8H2,(H,20,21). The quantitative estimate of drug-likeness (QED) is 0.906. The van der Waals surface area contributed by atoms with Gasteiger partial charge in [0.1, 0.15) is 12.2 Å². The van der Waals surface area contributed by atoms with Gasteiger partial charge in [0.25, 0.3) is 0 Å². The molecule has 1 aliphatic carbocycles. The normalized spacial score (nSPS) is 25.0. The molecule has 0 radical (unpaired) electrons. The Bertz CT molecular complexity index is 529. The van der Waals surface area contributed by atoms with Crippen molar-refractivity contribution < 1.29 is 23.4 Å². The number of carbonyl (C=O) groups excluding carboxylic acids is 1. The molecule has 0 aromatic carbocycles. The monoisotopic (exact) mass is 339 g/mol. The zero-order valence-electron chi connectivity index (χ0n) is 13.4. The summed E-state index contributed by atoms with van der Waals surface area (Å²) in [5.74, 6) is -0.488. The Morgan fingerprint density at radius 2 is 1.75 bits per heavy atom. The van der Waals surface area contributed by atoms with Crippen LogP contribution in [0.1, 0.15) is 38.5 Å². The summed E-state index contributed by atoms with van der Waals surface area (Å²) in [6.07, 6.45) is 6.43. The largest absolute Gasteiger partial charge is 0.460 e. The van der Waals surface area contributed by atoms with Crippen molar-refractivity contribution in [2.24, 2.45) is 0 Å². The highest BCUT2D eigenvalue weighted by Gasteiger charge is 2.26. The van der Waals surface area contributed by atoms with Gasteiger partial charge >= 0.3 is 12.1 Å². The lowest BCUT2D eigenvalue weighted by molar-refractivity contribution is -0.0000597. The highest BCUT2D eigenvalue weighted by Crippen LogP contribution is 2.22.